The van der Waals surface area contributed by atoms with Gasteiger partial charge in [-0.05, 0) is 35.4 Å². The van der Waals surface area contributed by atoms with Gasteiger partial charge in [0.25, 0.3) is 5.91 Å². The number of pyridine rings is 1. The highest BCUT2D eigenvalue weighted by Crippen LogP contribution is 2.12. The van der Waals surface area contributed by atoms with Gasteiger partial charge in [0.15, 0.2) is 0 Å². The van der Waals surface area contributed by atoms with Crippen LogP contribution < -0.4 is 5.73 Å². The lowest BCUT2D eigenvalue weighted by Crippen LogP contribution is -2.32. The predicted molar refractivity (Wildman–Crippen MR) is 97.2 cm³/mol. The van der Waals surface area contributed by atoms with E-state index in [4.69, 9.17) is 5.73 Å². The molecule has 1 aromatic heterocycles. The summed E-state index contributed by atoms with van der Waals surface area (Å²) in [5.74, 6) is -0.486. The van der Waals surface area contributed by atoms with Gasteiger partial charge in [0.1, 0.15) is 0 Å². The van der Waals surface area contributed by atoms with Gasteiger partial charge in [-0.25, -0.2) is 0 Å². The number of benzene rings is 1. The van der Waals surface area contributed by atoms with E-state index in [1.165, 1.54) is 7.11 Å². The Morgan fingerprint density at radius 2 is 1.72 bits per heavy atom. The third-order valence-corrected chi connectivity index (χ3v) is 3.66. The number of aromatic nitrogens is 1. The van der Waals surface area contributed by atoms with Crippen LogP contribution in [0.4, 0.5) is 0 Å². The molecule has 0 spiro atoms. The maximum Gasteiger partial charge on any atom is 0.307 e. The van der Waals surface area contributed by atoms with E-state index in [2.05, 4.69) is 9.72 Å². The van der Waals surface area contributed by atoms with Gasteiger partial charge in [0.2, 0.25) is 0 Å². The average Bonchev–Trinajstić information content (AvgIpc) is 2.65. The van der Waals surface area contributed by atoms with Gasteiger partial charge in [0.05, 0.1) is 13.5 Å². The summed E-state index contributed by atoms with van der Waals surface area (Å²) < 4.78 is 4.67. The molecule has 0 atom stereocenters. The van der Waals surface area contributed by atoms with Crippen LogP contribution in [0.5, 0.6) is 0 Å². The van der Waals surface area contributed by atoms with Crippen LogP contribution in [0.15, 0.2) is 48.8 Å². The molecule has 0 fully saturated rings. The molecule has 1 heterocycles. The molecule has 2 N–H and O–H groups in total. The Morgan fingerprint density at radius 1 is 1.08 bits per heavy atom. The van der Waals surface area contributed by atoms with Crippen molar-refractivity contribution in [3.8, 4) is 0 Å². The maximum atomic E-state index is 12.8. The molecule has 7 heteroatoms. The van der Waals surface area contributed by atoms with E-state index in [0.717, 1.165) is 11.1 Å². The number of ether oxygens (including phenoxy) is 1. The standard InChI is InChI=1S/C18H21N3O3.ClH/c1-24-17(22)8-11-21(13-15-6-9-20-10-7-15)18(23)16-4-2-14(12-19)3-5-16;/h2-7,9-10H,8,11-13,19H2,1H3;1H. The summed E-state index contributed by atoms with van der Waals surface area (Å²) in [6.07, 6.45) is 3.50. The maximum absolute atomic E-state index is 12.8. The van der Waals surface area contributed by atoms with E-state index in [9.17, 15) is 9.59 Å². The SMILES string of the molecule is COC(=O)CCN(Cc1ccncc1)C(=O)c1ccc(CN)cc1.Cl. The Bertz CT molecular complexity index is 678. The van der Waals surface area contributed by atoms with Crippen LogP contribution in [-0.2, 0) is 22.6 Å². The van der Waals surface area contributed by atoms with Crippen molar-refractivity contribution in [2.45, 2.75) is 19.5 Å². The van der Waals surface area contributed by atoms with Crippen LogP contribution in [0.25, 0.3) is 0 Å². The summed E-state index contributed by atoms with van der Waals surface area (Å²) in [7, 11) is 1.34. The van der Waals surface area contributed by atoms with Crippen molar-refractivity contribution in [1.29, 1.82) is 0 Å². The Morgan fingerprint density at radius 3 is 2.28 bits per heavy atom. The first-order valence-electron chi connectivity index (χ1n) is 7.68. The first-order valence-corrected chi connectivity index (χ1v) is 7.68. The van der Waals surface area contributed by atoms with E-state index in [-0.39, 0.29) is 37.2 Å². The lowest BCUT2D eigenvalue weighted by atomic mass is 10.1. The Labute approximate surface area is 153 Å². The number of carbonyl (C=O) groups is 2. The van der Waals surface area contributed by atoms with E-state index < -0.39 is 0 Å². The first-order chi connectivity index (χ1) is 11.6. The molecular formula is C18H22ClN3O3. The highest BCUT2D eigenvalue weighted by molar-refractivity contribution is 5.94. The number of hydrogen-bond acceptors (Lipinski definition) is 5. The van der Waals surface area contributed by atoms with Crippen molar-refractivity contribution in [2.75, 3.05) is 13.7 Å². The molecule has 6 nitrogen and oxygen atoms in total. The monoisotopic (exact) mass is 363 g/mol. The quantitative estimate of drug-likeness (QED) is 0.762. The van der Waals surface area contributed by atoms with Crippen molar-refractivity contribution in [2.24, 2.45) is 5.73 Å². The van der Waals surface area contributed by atoms with Crippen molar-refractivity contribution < 1.29 is 14.3 Å². The molecule has 0 saturated carbocycles. The fourth-order valence-electron chi connectivity index (χ4n) is 2.26. The van der Waals surface area contributed by atoms with Crippen molar-refractivity contribution >= 4 is 24.3 Å². The summed E-state index contributed by atoms with van der Waals surface area (Å²) in [5.41, 5.74) is 8.05. The highest BCUT2D eigenvalue weighted by atomic mass is 35.5. The fourth-order valence-corrected chi connectivity index (χ4v) is 2.26. The molecule has 2 rings (SSSR count). The van der Waals surface area contributed by atoms with Crippen molar-refractivity contribution in [1.82, 2.24) is 9.88 Å². The topological polar surface area (TPSA) is 85.5 Å². The van der Waals surface area contributed by atoms with Gasteiger partial charge in [-0.15, -0.1) is 12.4 Å². The molecule has 1 aromatic carbocycles. The van der Waals surface area contributed by atoms with Gasteiger partial charge >= 0.3 is 5.97 Å². The van der Waals surface area contributed by atoms with Crippen LogP contribution in [0.3, 0.4) is 0 Å². The smallest absolute Gasteiger partial charge is 0.307 e. The summed E-state index contributed by atoms with van der Waals surface area (Å²) in [6, 6.07) is 10.9. The molecule has 25 heavy (non-hydrogen) atoms. The molecule has 0 saturated heterocycles. The van der Waals surface area contributed by atoms with Gasteiger partial charge in [-0.1, -0.05) is 12.1 Å². The van der Waals surface area contributed by atoms with E-state index in [1.807, 2.05) is 24.3 Å². The molecule has 0 unspecified atom stereocenters. The molecule has 2 aromatic rings. The largest absolute Gasteiger partial charge is 0.469 e. The highest BCUT2D eigenvalue weighted by Gasteiger charge is 2.17. The summed E-state index contributed by atoms with van der Waals surface area (Å²) in [5, 5.41) is 0. The summed E-state index contributed by atoms with van der Waals surface area (Å²) >= 11 is 0. The Balaban J connectivity index is 0.00000312. The minimum atomic E-state index is -0.346. The minimum absolute atomic E-state index is 0. The normalized spacial score (nSPS) is 9.84. The van der Waals surface area contributed by atoms with E-state index in [0.29, 0.717) is 18.7 Å². The average molecular weight is 364 g/mol. The second kappa shape index (κ2) is 10.4. The van der Waals surface area contributed by atoms with Crippen molar-refractivity contribution in [3.63, 3.8) is 0 Å². The number of rotatable bonds is 7. The third-order valence-electron chi connectivity index (χ3n) is 3.66. The Kier molecular flexibility index (Phi) is 8.60. The first kappa shape index (κ1) is 20.6. The zero-order valence-corrected chi connectivity index (χ0v) is 14.9. The number of carbonyl (C=O) groups excluding carboxylic acids is 2. The molecule has 134 valence electrons. The molecule has 0 aliphatic heterocycles. The number of nitrogens with zero attached hydrogens (tertiary/aromatic N) is 2. The number of halogens is 1. The molecule has 0 aliphatic carbocycles. The predicted octanol–water partition coefficient (Wildman–Crippen LogP) is 2.17. The second-order valence-electron chi connectivity index (χ2n) is 5.31. The fraction of sp³-hybridized carbons (Fsp3) is 0.278. The molecule has 0 aliphatic rings. The molecule has 0 bridgehead atoms. The van der Waals surface area contributed by atoms with Crippen LogP contribution in [0.1, 0.15) is 27.9 Å². The zero-order chi connectivity index (χ0) is 17.4. The minimum Gasteiger partial charge on any atom is -0.469 e. The van der Waals surface area contributed by atoms with Crippen LogP contribution in [0.2, 0.25) is 0 Å². The van der Waals surface area contributed by atoms with Crippen LogP contribution in [-0.4, -0.2) is 35.4 Å². The number of nitrogens with two attached hydrogens (primary N) is 1. The van der Waals surface area contributed by atoms with Gasteiger partial charge < -0.3 is 15.4 Å². The molecular weight excluding hydrogens is 342 g/mol. The number of esters is 1. The summed E-state index contributed by atoms with van der Waals surface area (Å²) in [6.45, 7) is 1.11. The van der Waals surface area contributed by atoms with Crippen LogP contribution >= 0.6 is 12.4 Å². The second-order valence-corrected chi connectivity index (χ2v) is 5.31. The molecule has 1 amide bonds. The van der Waals surface area contributed by atoms with E-state index in [1.54, 1.807) is 29.4 Å². The molecule has 0 radical (unpaired) electrons. The summed E-state index contributed by atoms with van der Waals surface area (Å²) in [4.78, 5) is 29.8. The van der Waals surface area contributed by atoms with Gasteiger partial charge in [-0.2, -0.15) is 0 Å². The number of amides is 1. The third kappa shape index (κ3) is 6.17. The number of hydrogen-bond donors (Lipinski definition) is 1. The van der Waals surface area contributed by atoms with Crippen molar-refractivity contribution in [3.05, 3.63) is 65.5 Å². The van der Waals surface area contributed by atoms with E-state index >= 15 is 0 Å². The Hall–Kier alpha value is -2.44. The number of methoxy groups -OCH3 is 1. The lowest BCUT2D eigenvalue weighted by Gasteiger charge is -2.22. The zero-order valence-electron chi connectivity index (χ0n) is 14.1. The van der Waals surface area contributed by atoms with Crippen LogP contribution in [0, 0.1) is 0 Å². The van der Waals surface area contributed by atoms with Gasteiger partial charge in [-0.3, -0.25) is 14.6 Å². The van der Waals surface area contributed by atoms with Gasteiger partial charge in [0, 0.05) is 37.6 Å². The lowest BCUT2D eigenvalue weighted by molar-refractivity contribution is -0.140.